The second-order valence-corrected chi connectivity index (χ2v) is 15.0. The molecule has 0 spiro atoms. The van der Waals surface area contributed by atoms with Crippen LogP contribution in [0.2, 0.25) is 0 Å². The maximum absolute atomic E-state index is 10.9. The Morgan fingerprint density at radius 2 is 0.875 bits per heavy atom. The molecule has 0 bridgehead atoms. The molecule has 0 saturated heterocycles. The highest BCUT2D eigenvalue weighted by Crippen LogP contribution is 2.42. The first-order chi connectivity index (χ1) is 27.2. The summed E-state index contributed by atoms with van der Waals surface area (Å²) in [5.74, 6) is 1.10. The topological polar surface area (TPSA) is 130 Å². The Kier molecular flexibility index (Phi) is 13.3. The van der Waals surface area contributed by atoms with Gasteiger partial charge in [-0.25, -0.2) is 0 Å². The first-order valence-corrected chi connectivity index (χ1v) is 20.2. The molecule has 0 aromatic heterocycles. The van der Waals surface area contributed by atoms with Gasteiger partial charge in [0, 0.05) is 10.8 Å². The van der Waals surface area contributed by atoms with Gasteiger partial charge in [0.05, 0.1) is 0 Å². The number of aromatic hydroxyl groups is 4. The number of nitrogens with zero attached hydrogens (tertiary/aromatic N) is 4. The Hall–Kier alpha value is -5.76. The molecule has 0 aliphatic carbocycles. The number of hydrogen-bond acceptors (Lipinski definition) is 8. The van der Waals surface area contributed by atoms with Crippen molar-refractivity contribution in [2.45, 2.75) is 91.9 Å². The predicted octanol–water partition coefficient (Wildman–Crippen LogP) is 14.8. The van der Waals surface area contributed by atoms with E-state index in [1.807, 2.05) is 24.3 Å². The quantitative estimate of drug-likeness (QED) is 0.0691. The third-order valence-electron chi connectivity index (χ3n) is 11.0. The summed E-state index contributed by atoms with van der Waals surface area (Å²) in [6.45, 7) is 8.95. The summed E-state index contributed by atoms with van der Waals surface area (Å²) in [6, 6.07) is 29.5. The minimum Gasteiger partial charge on any atom is -0.506 e. The number of phenolic OH excluding ortho intramolecular Hbond substituents is 4. The molecule has 4 N–H and O–H groups in total. The van der Waals surface area contributed by atoms with Gasteiger partial charge in [-0.1, -0.05) is 140 Å². The Morgan fingerprint density at radius 3 is 1.25 bits per heavy atom. The first-order valence-electron chi connectivity index (χ1n) is 20.2. The zero-order chi connectivity index (χ0) is 39.6. The van der Waals surface area contributed by atoms with Crippen molar-refractivity contribution in [3.63, 3.8) is 0 Å². The molecule has 6 rings (SSSR count). The molecule has 0 fully saturated rings. The van der Waals surface area contributed by atoms with Gasteiger partial charge in [-0.2, -0.15) is 0 Å². The van der Waals surface area contributed by atoms with Gasteiger partial charge < -0.3 is 20.4 Å². The van der Waals surface area contributed by atoms with Crippen molar-refractivity contribution >= 4 is 44.3 Å². The second kappa shape index (κ2) is 18.7. The average molecular weight is 751 g/mol. The molecule has 0 radical (unpaired) electrons. The Labute approximate surface area is 330 Å². The summed E-state index contributed by atoms with van der Waals surface area (Å²) in [7, 11) is 0. The zero-order valence-corrected chi connectivity index (χ0v) is 33.0. The molecule has 0 amide bonds. The lowest BCUT2D eigenvalue weighted by Crippen LogP contribution is -2.03. The summed E-state index contributed by atoms with van der Waals surface area (Å²) in [6.07, 6.45) is 11.6. The SMILES string of the molecule is CCCCC(CC)Cc1ccc2c(N=Nc3ccc(-c4ccc(N=Nc5c(O)ccc6cc(CC(CC)CCCC)ccc56)c(O)c4)cc3O)c(O)ccc2c1. The van der Waals surface area contributed by atoms with Gasteiger partial charge in [-0.05, 0) is 94.1 Å². The zero-order valence-electron chi connectivity index (χ0n) is 33.0. The van der Waals surface area contributed by atoms with Gasteiger partial charge in [-0.15, -0.1) is 20.5 Å². The molecule has 6 aromatic carbocycles. The standard InChI is InChI=1S/C48H54N4O4/c1-5-9-11-31(7-3)25-33-13-19-39-37(27-33)17-23-43(53)47(39)51-49-41-21-15-35(29-45(41)55)36-16-22-42(46(56)30-36)50-52-48-40-20-14-34(26-32(8-4)12-10-6-2)28-38(40)18-24-44(48)54/h13-24,27-32,53-56H,5-12,25-26H2,1-4H3. The smallest absolute Gasteiger partial charge is 0.143 e. The van der Waals surface area contributed by atoms with E-state index in [0.717, 1.165) is 47.2 Å². The highest BCUT2D eigenvalue weighted by atomic mass is 16.3. The molecule has 6 aromatic rings. The monoisotopic (exact) mass is 750 g/mol. The van der Waals surface area contributed by atoms with Crippen LogP contribution < -0.4 is 0 Å². The van der Waals surface area contributed by atoms with E-state index in [0.29, 0.717) is 34.3 Å². The van der Waals surface area contributed by atoms with Crippen molar-refractivity contribution in [1.29, 1.82) is 0 Å². The molecule has 0 aliphatic rings. The van der Waals surface area contributed by atoms with Gasteiger partial charge in [0.2, 0.25) is 0 Å². The van der Waals surface area contributed by atoms with Crippen LogP contribution in [-0.2, 0) is 12.8 Å². The summed E-state index contributed by atoms with van der Waals surface area (Å²) in [4.78, 5) is 0. The molecule has 2 unspecified atom stereocenters. The van der Waals surface area contributed by atoms with E-state index in [1.54, 1.807) is 48.5 Å². The fourth-order valence-electron chi connectivity index (χ4n) is 7.50. The number of benzene rings is 6. The number of rotatable bonds is 17. The van der Waals surface area contributed by atoms with Crippen LogP contribution in [0.3, 0.4) is 0 Å². The van der Waals surface area contributed by atoms with Crippen molar-refractivity contribution in [2.75, 3.05) is 0 Å². The van der Waals surface area contributed by atoms with E-state index in [2.05, 4.69) is 72.4 Å². The van der Waals surface area contributed by atoms with Crippen molar-refractivity contribution in [1.82, 2.24) is 0 Å². The van der Waals surface area contributed by atoms with Crippen LogP contribution in [0.4, 0.5) is 22.7 Å². The van der Waals surface area contributed by atoms with E-state index in [1.165, 1.54) is 49.7 Å². The molecule has 0 saturated carbocycles. The Bertz CT molecular complexity index is 2190. The van der Waals surface area contributed by atoms with Crippen molar-refractivity contribution < 1.29 is 20.4 Å². The van der Waals surface area contributed by atoms with Crippen LogP contribution in [0.15, 0.2) is 118 Å². The number of fused-ring (bicyclic) bond motifs is 2. The number of azo groups is 2. The van der Waals surface area contributed by atoms with Crippen molar-refractivity contribution in [2.24, 2.45) is 32.3 Å². The van der Waals surface area contributed by atoms with Crippen LogP contribution in [-0.4, -0.2) is 20.4 Å². The normalized spacial score (nSPS) is 13.0. The maximum Gasteiger partial charge on any atom is 0.143 e. The van der Waals surface area contributed by atoms with Crippen LogP contribution in [0.1, 0.15) is 90.2 Å². The first kappa shape index (κ1) is 39.9. The molecule has 290 valence electrons. The van der Waals surface area contributed by atoms with Gasteiger partial charge in [-0.3, -0.25) is 0 Å². The van der Waals surface area contributed by atoms with E-state index < -0.39 is 0 Å². The fourth-order valence-corrected chi connectivity index (χ4v) is 7.50. The van der Waals surface area contributed by atoms with Crippen LogP contribution in [0, 0.1) is 11.8 Å². The number of hydrogen-bond donors (Lipinski definition) is 4. The third-order valence-corrected chi connectivity index (χ3v) is 11.0. The molecule has 2 atom stereocenters. The lowest BCUT2D eigenvalue weighted by molar-refractivity contribution is 0.449. The second-order valence-electron chi connectivity index (χ2n) is 15.0. The summed E-state index contributed by atoms with van der Waals surface area (Å²) >= 11 is 0. The van der Waals surface area contributed by atoms with Crippen LogP contribution in [0.25, 0.3) is 32.7 Å². The average Bonchev–Trinajstić information content (AvgIpc) is 3.21. The van der Waals surface area contributed by atoms with E-state index >= 15 is 0 Å². The molecule has 8 nitrogen and oxygen atoms in total. The molecular weight excluding hydrogens is 697 g/mol. The maximum atomic E-state index is 10.9. The highest BCUT2D eigenvalue weighted by Gasteiger charge is 2.14. The lowest BCUT2D eigenvalue weighted by atomic mass is 9.91. The van der Waals surface area contributed by atoms with Crippen molar-refractivity contribution in [3.05, 3.63) is 108 Å². The largest absolute Gasteiger partial charge is 0.506 e. The van der Waals surface area contributed by atoms with Crippen LogP contribution >= 0.6 is 0 Å². The van der Waals surface area contributed by atoms with E-state index in [4.69, 9.17) is 0 Å². The molecule has 8 heteroatoms. The molecule has 56 heavy (non-hydrogen) atoms. The fraction of sp³-hybridized carbons (Fsp3) is 0.333. The summed E-state index contributed by atoms with van der Waals surface area (Å²) < 4.78 is 0. The minimum atomic E-state index is -0.102. The summed E-state index contributed by atoms with van der Waals surface area (Å²) in [5.41, 5.74) is 4.98. The Balaban J connectivity index is 1.17. The van der Waals surface area contributed by atoms with E-state index in [9.17, 15) is 20.4 Å². The molecular formula is C48H54N4O4. The summed E-state index contributed by atoms with van der Waals surface area (Å²) in [5, 5.41) is 64.2. The number of phenols is 4. The molecule has 0 heterocycles. The van der Waals surface area contributed by atoms with Gasteiger partial charge >= 0.3 is 0 Å². The van der Waals surface area contributed by atoms with Crippen molar-refractivity contribution in [3.8, 4) is 34.1 Å². The highest BCUT2D eigenvalue weighted by molar-refractivity contribution is 5.96. The number of unbranched alkanes of at least 4 members (excludes halogenated alkanes) is 2. The van der Waals surface area contributed by atoms with E-state index in [-0.39, 0.29) is 34.4 Å². The minimum absolute atomic E-state index is 0.00951. The van der Waals surface area contributed by atoms with Gasteiger partial charge in [0.1, 0.15) is 45.7 Å². The van der Waals surface area contributed by atoms with Gasteiger partial charge in [0.15, 0.2) is 0 Å². The predicted molar refractivity (Wildman–Crippen MR) is 229 cm³/mol. The third kappa shape index (κ3) is 9.54. The Morgan fingerprint density at radius 1 is 0.446 bits per heavy atom. The van der Waals surface area contributed by atoms with Gasteiger partial charge in [0.25, 0.3) is 0 Å². The molecule has 0 aliphatic heterocycles. The lowest BCUT2D eigenvalue weighted by Gasteiger charge is -2.15. The van der Waals surface area contributed by atoms with Crippen LogP contribution in [0.5, 0.6) is 23.0 Å².